The molecule has 2 rings (SSSR count). The van der Waals surface area contributed by atoms with Crippen molar-refractivity contribution >= 4 is 40.7 Å². The Morgan fingerprint density at radius 2 is 2.27 bits per heavy atom. The monoisotopic (exact) mass is 459 g/mol. The van der Waals surface area contributed by atoms with Gasteiger partial charge in [-0.15, -0.1) is 6.42 Å². The van der Waals surface area contributed by atoms with Crippen molar-refractivity contribution in [2.24, 2.45) is 5.16 Å². The van der Waals surface area contributed by atoms with Crippen molar-refractivity contribution in [1.82, 2.24) is 14.8 Å². The number of nitrogens with zero attached hydrogens (tertiary/aromatic N) is 5. The summed E-state index contributed by atoms with van der Waals surface area (Å²) < 4.78 is 38.4. The van der Waals surface area contributed by atoms with Crippen LogP contribution in [-0.2, 0) is 9.63 Å². The van der Waals surface area contributed by atoms with Crippen molar-refractivity contribution in [2.45, 2.75) is 12.6 Å². The summed E-state index contributed by atoms with van der Waals surface area (Å²) in [6.07, 6.45) is 4.77. The van der Waals surface area contributed by atoms with Crippen molar-refractivity contribution < 1.29 is 22.8 Å². The summed E-state index contributed by atoms with van der Waals surface area (Å²) in [5, 5.41) is 7.81. The zero-order valence-corrected chi connectivity index (χ0v) is 17.3. The lowest BCUT2D eigenvalue weighted by molar-refractivity contribution is -0.129. The molecule has 0 aliphatic carbocycles. The van der Waals surface area contributed by atoms with Gasteiger partial charge in [-0.3, -0.25) is 14.7 Å². The first-order valence-corrected chi connectivity index (χ1v) is 9.95. The molecule has 0 radical (unpaired) electrons. The first-order chi connectivity index (χ1) is 14.3. The van der Waals surface area contributed by atoms with Crippen molar-refractivity contribution in [2.75, 3.05) is 30.1 Å². The van der Waals surface area contributed by atoms with Crippen LogP contribution in [0, 0.1) is 12.3 Å². The number of hydrogen-bond acceptors (Lipinski definition) is 6. The van der Waals surface area contributed by atoms with Gasteiger partial charge in [0.2, 0.25) is 0 Å². The molecule has 0 atom stereocenters. The molecule has 2 aromatic heterocycles. The Balaban J connectivity index is 2.23. The SMILES string of the molecule is C#CCN(C(=O)C(CSCCC(F)(F)F)=NOC)c1cn(-c2cccnc2)nc1Cl. The standard InChI is InChI=1S/C18H17ClF3N5O2S/c1-3-8-26(15-11-27(24-16(15)19)13-5-4-7-23-10-13)17(28)14(25-29-2)12-30-9-6-18(20,21)22/h1,4-5,7,10-11H,6,8-9,12H2,2H3. The van der Waals surface area contributed by atoms with Crippen LogP contribution in [0.2, 0.25) is 5.15 Å². The van der Waals surface area contributed by atoms with Crippen molar-refractivity contribution in [1.29, 1.82) is 0 Å². The number of thioether (sulfide) groups is 1. The smallest absolute Gasteiger partial charge is 0.389 e. The van der Waals surface area contributed by atoms with E-state index in [-0.39, 0.29) is 34.6 Å². The Bertz CT molecular complexity index is 928. The predicted octanol–water partition coefficient (Wildman–Crippen LogP) is 3.57. The highest BCUT2D eigenvalue weighted by molar-refractivity contribution is 8.00. The number of anilines is 1. The van der Waals surface area contributed by atoms with E-state index in [1.165, 1.54) is 18.0 Å². The van der Waals surface area contributed by atoms with Crippen LogP contribution >= 0.6 is 23.4 Å². The summed E-state index contributed by atoms with van der Waals surface area (Å²) in [4.78, 5) is 22.8. The van der Waals surface area contributed by atoms with E-state index in [4.69, 9.17) is 18.0 Å². The van der Waals surface area contributed by atoms with Gasteiger partial charge in [-0.2, -0.15) is 30.0 Å². The van der Waals surface area contributed by atoms with Crippen LogP contribution in [0.15, 0.2) is 35.9 Å². The summed E-state index contributed by atoms with van der Waals surface area (Å²) in [5.74, 6) is 1.38. The van der Waals surface area contributed by atoms with Gasteiger partial charge in [-0.25, -0.2) is 4.68 Å². The molecule has 0 spiro atoms. The Morgan fingerprint density at radius 3 is 2.87 bits per heavy atom. The molecule has 7 nitrogen and oxygen atoms in total. The lowest BCUT2D eigenvalue weighted by Crippen LogP contribution is -2.38. The minimum absolute atomic E-state index is 0.00365. The molecule has 1 amide bonds. The van der Waals surface area contributed by atoms with Crippen LogP contribution in [0.25, 0.3) is 5.69 Å². The second kappa shape index (κ2) is 10.9. The maximum Gasteiger partial charge on any atom is 0.389 e. The Morgan fingerprint density at radius 1 is 1.50 bits per heavy atom. The average Bonchev–Trinajstić information content (AvgIpc) is 3.09. The minimum atomic E-state index is -4.28. The second-order valence-corrected chi connectivity index (χ2v) is 7.16. The Hall–Kier alpha value is -2.71. The van der Waals surface area contributed by atoms with Gasteiger partial charge < -0.3 is 4.84 Å². The highest BCUT2D eigenvalue weighted by Crippen LogP contribution is 2.27. The summed E-state index contributed by atoms with van der Waals surface area (Å²) in [6, 6.07) is 3.44. The number of terminal acetylenes is 1. The van der Waals surface area contributed by atoms with Crippen molar-refractivity contribution in [3.05, 3.63) is 35.9 Å². The Labute approximate surface area is 180 Å². The fourth-order valence-electron chi connectivity index (χ4n) is 2.25. The number of amides is 1. The van der Waals surface area contributed by atoms with Gasteiger partial charge >= 0.3 is 6.18 Å². The Kier molecular flexibility index (Phi) is 8.56. The van der Waals surface area contributed by atoms with Gasteiger partial charge in [0.05, 0.1) is 31.0 Å². The van der Waals surface area contributed by atoms with Gasteiger partial charge in [0, 0.05) is 17.7 Å². The maximum atomic E-state index is 13.0. The number of oxime groups is 1. The average molecular weight is 460 g/mol. The zero-order chi connectivity index (χ0) is 22.1. The summed E-state index contributed by atoms with van der Waals surface area (Å²) >= 11 is 7.11. The molecule has 160 valence electrons. The van der Waals surface area contributed by atoms with Crippen LogP contribution < -0.4 is 4.90 Å². The summed E-state index contributed by atoms with van der Waals surface area (Å²) in [7, 11) is 1.23. The normalized spacial score (nSPS) is 11.8. The lowest BCUT2D eigenvalue weighted by atomic mass is 10.3. The molecule has 0 saturated carbocycles. The van der Waals surface area contributed by atoms with Crippen LogP contribution in [0.4, 0.5) is 18.9 Å². The lowest BCUT2D eigenvalue weighted by Gasteiger charge is -2.19. The largest absolute Gasteiger partial charge is 0.399 e. The van der Waals surface area contributed by atoms with E-state index in [1.54, 1.807) is 24.5 Å². The van der Waals surface area contributed by atoms with Crippen molar-refractivity contribution in [3.63, 3.8) is 0 Å². The van der Waals surface area contributed by atoms with E-state index in [0.29, 0.717) is 5.69 Å². The summed E-state index contributed by atoms with van der Waals surface area (Å²) in [5.41, 5.74) is 0.713. The molecule has 0 aliphatic rings. The molecule has 0 aliphatic heterocycles. The third-order valence-corrected chi connectivity index (χ3v) is 4.80. The number of rotatable bonds is 9. The predicted molar refractivity (Wildman–Crippen MR) is 110 cm³/mol. The van der Waals surface area contributed by atoms with Crippen LogP contribution in [0.5, 0.6) is 0 Å². The van der Waals surface area contributed by atoms with Crippen LogP contribution in [0.3, 0.4) is 0 Å². The molecule has 0 aromatic carbocycles. The van der Waals surface area contributed by atoms with Gasteiger partial charge in [-0.05, 0) is 12.1 Å². The highest BCUT2D eigenvalue weighted by Gasteiger charge is 2.28. The van der Waals surface area contributed by atoms with Crippen LogP contribution in [-0.4, -0.2) is 57.7 Å². The first kappa shape index (κ1) is 23.6. The van der Waals surface area contributed by atoms with Gasteiger partial charge in [0.1, 0.15) is 12.8 Å². The van der Waals surface area contributed by atoms with Gasteiger partial charge in [-0.1, -0.05) is 22.7 Å². The number of aromatic nitrogens is 3. The third kappa shape index (κ3) is 6.67. The van der Waals surface area contributed by atoms with E-state index < -0.39 is 18.5 Å². The van der Waals surface area contributed by atoms with E-state index >= 15 is 0 Å². The number of alkyl halides is 3. The molecule has 2 aromatic rings. The topological polar surface area (TPSA) is 72.6 Å². The number of pyridine rings is 1. The van der Waals surface area contributed by atoms with E-state index in [2.05, 4.69) is 26.0 Å². The number of hydrogen-bond donors (Lipinski definition) is 0. The second-order valence-electron chi connectivity index (χ2n) is 5.69. The molecule has 0 unspecified atom stereocenters. The number of carbonyl (C=O) groups excluding carboxylic acids is 1. The molecular formula is C18H17ClF3N5O2S. The number of halogens is 4. The zero-order valence-electron chi connectivity index (χ0n) is 15.8. The van der Waals surface area contributed by atoms with E-state index in [0.717, 1.165) is 16.7 Å². The first-order valence-electron chi connectivity index (χ1n) is 8.42. The molecule has 0 N–H and O–H groups in total. The van der Waals surface area contributed by atoms with Crippen molar-refractivity contribution in [3.8, 4) is 18.0 Å². The molecule has 12 heteroatoms. The molecule has 30 heavy (non-hydrogen) atoms. The van der Waals surface area contributed by atoms with Gasteiger partial charge in [0.15, 0.2) is 10.9 Å². The molecule has 0 saturated heterocycles. The fraction of sp³-hybridized carbons (Fsp3) is 0.333. The molecule has 2 heterocycles. The minimum Gasteiger partial charge on any atom is -0.399 e. The van der Waals surface area contributed by atoms with Gasteiger partial charge in [0.25, 0.3) is 5.91 Å². The quantitative estimate of drug-likeness (QED) is 0.248. The van der Waals surface area contributed by atoms with E-state index in [9.17, 15) is 18.0 Å². The molecule has 0 fully saturated rings. The fourth-order valence-corrected chi connectivity index (χ4v) is 3.38. The third-order valence-electron chi connectivity index (χ3n) is 3.56. The van der Waals surface area contributed by atoms with E-state index in [1.807, 2.05) is 0 Å². The highest BCUT2D eigenvalue weighted by atomic mass is 35.5. The number of carbonyl (C=O) groups is 1. The van der Waals surface area contributed by atoms with Crippen LogP contribution in [0.1, 0.15) is 6.42 Å². The molecular weight excluding hydrogens is 443 g/mol. The maximum absolute atomic E-state index is 13.0. The summed E-state index contributed by atoms with van der Waals surface area (Å²) in [6.45, 7) is -0.159. The molecule has 0 bridgehead atoms.